The molecule has 0 bridgehead atoms. The van der Waals surface area contributed by atoms with Crippen molar-refractivity contribution in [3.63, 3.8) is 0 Å². The van der Waals surface area contributed by atoms with Crippen molar-refractivity contribution in [1.82, 2.24) is 0 Å². The topological polar surface area (TPSA) is 56.8 Å². The third kappa shape index (κ3) is 3.11. The number of anilines is 1. The second-order valence-corrected chi connectivity index (χ2v) is 11.9. The average molecular weight is 537 g/mol. The van der Waals surface area contributed by atoms with Gasteiger partial charge >= 0.3 is 160 Å². The van der Waals surface area contributed by atoms with Gasteiger partial charge in [-0.1, -0.05) is 0 Å². The fraction of sp³-hybridized carbons (Fsp3) is 0.350. The van der Waals surface area contributed by atoms with Crippen LogP contribution in [0.1, 0.15) is 30.4 Å². The van der Waals surface area contributed by atoms with Gasteiger partial charge in [-0.2, -0.15) is 0 Å². The quantitative estimate of drug-likeness (QED) is 0.606. The van der Waals surface area contributed by atoms with E-state index in [9.17, 15) is 4.79 Å². The van der Waals surface area contributed by atoms with Crippen molar-refractivity contribution in [2.45, 2.75) is 29.5 Å². The van der Waals surface area contributed by atoms with Crippen molar-refractivity contribution in [2.75, 3.05) is 18.7 Å². The Kier molecular flexibility index (Phi) is 4.69. The number of rotatable bonds is 4. The van der Waals surface area contributed by atoms with Crippen LogP contribution in [0.2, 0.25) is 10.3 Å². The molecule has 26 heavy (non-hydrogen) atoms. The van der Waals surface area contributed by atoms with Gasteiger partial charge in [-0.3, -0.25) is 0 Å². The van der Waals surface area contributed by atoms with Crippen molar-refractivity contribution in [1.29, 1.82) is 0 Å². The molecule has 2 aromatic carbocycles. The Morgan fingerprint density at radius 3 is 2.65 bits per heavy atom. The van der Waals surface area contributed by atoms with Crippen molar-refractivity contribution in [2.24, 2.45) is 0 Å². The molecule has 5 nitrogen and oxygen atoms in total. The van der Waals surface area contributed by atoms with E-state index in [-0.39, 0.29) is 18.6 Å². The molecule has 0 saturated carbocycles. The number of hydrogen-bond acceptors (Lipinski definition) is 4. The summed E-state index contributed by atoms with van der Waals surface area (Å²) >= 11 is -1.02. The maximum atomic E-state index is 12.3. The van der Waals surface area contributed by atoms with E-state index in [4.69, 9.17) is 14.2 Å². The van der Waals surface area contributed by atoms with Gasteiger partial charge in [-0.05, 0) is 0 Å². The summed E-state index contributed by atoms with van der Waals surface area (Å²) in [5, 5.41) is 7.58. The summed E-state index contributed by atoms with van der Waals surface area (Å²) in [7, 11) is 0. The molecule has 2 aromatic rings. The van der Waals surface area contributed by atoms with Crippen LogP contribution >= 0.6 is 0 Å². The van der Waals surface area contributed by atoms with Gasteiger partial charge in [-0.15, -0.1) is 0 Å². The van der Waals surface area contributed by atoms with Crippen LogP contribution < -0.4 is 23.3 Å². The number of benzene rings is 2. The molecule has 2 heterocycles. The van der Waals surface area contributed by atoms with Crippen LogP contribution in [0, 0.1) is 0 Å². The fourth-order valence-corrected chi connectivity index (χ4v) is 5.19. The molecule has 0 fully saturated rings. The van der Waals surface area contributed by atoms with E-state index in [0.717, 1.165) is 28.3 Å². The van der Waals surface area contributed by atoms with Gasteiger partial charge in [-0.25, -0.2) is 0 Å². The summed E-state index contributed by atoms with van der Waals surface area (Å²) < 4.78 is 18.3. The molecule has 0 radical (unpaired) electrons. The van der Waals surface area contributed by atoms with Gasteiger partial charge in [0.2, 0.25) is 0 Å². The average Bonchev–Trinajstić information content (AvgIpc) is 3.06. The van der Waals surface area contributed by atoms with Crippen LogP contribution in [-0.2, 0) is 23.2 Å². The molecule has 2 aliphatic rings. The van der Waals surface area contributed by atoms with Gasteiger partial charge in [0.1, 0.15) is 0 Å². The molecule has 1 amide bonds. The van der Waals surface area contributed by atoms with Crippen LogP contribution in [0.15, 0.2) is 30.3 Å². The SMILES string of the molecule is CCOc1c[c]([Au]([CH3])[CH3])ccc1C1CC(=O)Nc2cc3c(cc21)OCO3. The van der Waals surface area contributed by atoms with Crippen LogP contribution in [0.4, 0.5) is 5.69 Å². The number of carbonyl (C=O) groups excluding carboxylic acids is 1. The molecule has 1 N–H and O–H groups in total. The molecule has 142 valence electrons. The number of ether oxygens (including phenoxy) is 3. The standard InChI is InChI=1S/C18H16NO4.2CH3.Au/c1-2-21-15-6-4-3-5-11(15)12-8-18(20)19-14-9-17-16(7-13(12)14)22-10-23-17;;;/h3,5-7,9,12H,2,8,10H2,1H3,(H,19,20);2*1H3;. The minimum absolute atomic E-state index is 0.00625. The molecule has 2 aliphatic heterocycles. The molecular formula is C20H22AuNO4. The van der Waals surface area contributed by atoms with Crippen LogP contribution in [0.3, 0.4) is 0 Å². The third-order valence-corrected chi connectivity index (χ3v) is 7.73. The molecule has 0 saturated heterocycles. The Hall–Kier alpha value is -1.95. The number of hydrogen-bond donors (Lipinski definition) is 1. The summed E-state index contributed by atoms with van der Waals surface area (Å²) in [5.41, 5.74) is 2.90. The summed E-state index contributed by atoms with van der Waals surface area (Å²) in [6, 6.07) is 10.3. The summed E-state index contributed by atoms with van der Waals surface area (Å²) in [5.74, 6) is 2.24. The first-order chi connectivity index (χ1) is 12.6. The molecule has 0 spiro atoms. The fourth-order valence-electron chi connectivity index (χ4n) is 3.38. The van der Waals surface area contributed by atoms with Gasteiger partial charge < -0.3 is 0 Å². The van der Waals surface area contributed by atoms with Crippen LogP contribution in [0.5, 0.6) is 17.2 Å². The second-order valence-electron chi connectivity index (χ2n) is 6.27. The van der Waals surface area contributed by atoms with Gasteiger partial charge in [0.05, 0.1) is 0 Å². The second kappa shape index (κ2) is 6.99. The van der Waals surface area contributed by atoms with Gasteiger partial charge in [0.15, 0.2) is 0 Å². The van der Waals surface area contributed by atoms with Crippen molar-refractivity contribution in [3.05, 3.63) is 41.5 Å². The van der Waals surface area contributed by atoms with E-state index in [1.165, 1.54) is 3.78 Å². The number of amides is 1. The van der Waals surface area contributed by atoms with Crippen molar-refractivity contribution in [3.8, 4) is 17.2 Å². The van der Waals surface area contributed by atoms with E-state index in [1.54, 1.807) is 0 Å². The van der Waals surface area contributed by atoms with E-state index < -0.39 is 18.4 Å². The van der Waals surface area contributed by atoms with Gasteiger partial charge in [0.25, 0.3) is 0 Å². The van der Waals surface area contributed by atoms with Gasteiger partial charge in [0, 0.05) is 0 Å². The molecule has 1 atom stereocenters. The molecule has 1 unspecified atom stereocenters. The Morgan fingerprint density at radius 1 is 1.15 bits per heavy atom. The number of nitrogens with one attached hydrogen (secondary N) is 1. The normalized spacial score (nSPS) is 18.2. The van der Waals surface area contributed by atoms with E-state index >= 15 is 0 Å². The Morgan fingerprint density at radius 2 is 1.92 bits per heavy atom. The monoisotopic (exact) mass is 537 g/mol. The predicted molar refractivity (Wildman–Crippen MR) is 96.6 cm³/mol. The van der Waals surface area contributed by atoms with Crippen LogP contribution in [0.25, 0.3) is 0 Å². The summed E-state index contributed by atoms with van der Waals surface area (Å²) in [4.78, 5) is 12.3. The zero-order valence-corrected chi connectivity index (χ0v) is 17.2. The summed E-state index contributed by atoms with van der Waals surface area (Å²) in [6.45, 7) is 2.81. The third-order valence-electron chi connectivity index (χ3n) is 4.56. The number of fused-ring (bicyclic) bond motifs is 2. The predicted octanol–water partition coefficient (Wildman–Crippen LogP) is 3.63. The molecule has 0 aliphatic carbocycles. The van der Waals surface area contributed by atoms with E-state index in [0.29, 0.717) is 18.8 Å². The maximum absolute atomic E-state index is 12.3. The van der Waals surface area contributed by atoms with E-state index in [1.807, 2.05) is 19.1 Å². The van der Waals surface area contributed by atoms with Crippen molar-refractivity contribution < 1.29 is 37.4 Å². The molecule has 0 aromatic heterocycles. The van der Waals surface area contributed by atoms with Crippen LogP contribution in [-0.4, -0.2) is 19.3 Å². The first-order valence-electron chi connectivity index (χ1n) is 8.38. The minimum atomic E-state index is -1.02. The molecule has 4 rings (SSSR count). The zero-order valence-electron chi connectivity index (χ0n) is 15.0. The Labute approximate surface area is 159 Å². The van der Waals surface area contributed by atoms with E-state index in [2.05, 4.69) is 33.8 Å². The zero-order chi connectivity index (χ0) is 18.3. The first-order valence-corrected chi connectivity index (χ1v) is 13.8. The Bertz CT molecular complexity index is 865. The molecule has 6 heteroatoms. The number of carbonyl (C=O) groups is 1. The Balaban J connectivity index is 1.82. The van der Waals surface area contributed by atoms with Crippen molar-refractivity contribution >= 4 is 15.4 Å². The first kappa shape index (κ1) is 17.5. The molecular weight excluding hydrogens is 515 g/mol. The summed E-state index contributed by atoms with van der Waals surface area (Å²) in [6.07, 6.45) is 0.395.